The van der Waals surface area contributed by atoms with Crippen molar-refractivity contribution in [1.29, 1.82) is 0 Å². The molecule has 4 rings (SSSR count). The third-order valence-corrected chi connectivity index (χ3v) is 6.71. The number of aryl methyl sites for hydroxylation is 2. The first-order chi connectivity index (χ1) is 14.8. The molecular formula is C22H16BrN3O4S. The largest absolute Gasteiger partial charge is 0.457 e. The highest BCUT2D eigenvalue weighted by Gasteiger charge is 2.24. The molecule has 31 heavy (non-hydrogen) atoms. The minimum Gasteiger partial charge on any atom is -0.457 e. The van der Waals surface area contributed by atoms with Crippen LogP contribution in [0.1, 0.15) is 16.9 Å². The molecule has 1 saturated heterocycles. The van der Waals surface area contributed by atoms with Crippen LogP contribution in [0.4, 0.5) is 11.4 Å². The van der Waals surface area contributed by atoms with E-state index in [1.165, 1.54) is 23.9 Å². The number of amides is 1. The maximum atomic E-state index is 12.4. The van der Waals surface area contributed by atoms with Crippen molar-refractivity contribution in [3.05, 3.63) is 84.9 Å². The highest BCUT2D eigenvalue weighted by molar-refractivity contribution is 9.10. The lowest BCUT2D eigenvalue weighted by Crippen LogP contribution is -2.19. The second-order valence-corrected chi connectivity index (χ2v) is 8.71. The molecule has 1 aliphatic rings. The summed E-state index contributed by atoms with van der Waals surface area (Å²) >= 11 is 4.76. The van der Waals surface area contributed by atoms with Gasteiger partial charge in [0.05, 0.1) is 15.5 Å². The van der Waals surface area contributed by atoms with Crippen molar-refractivity contribution in [2.24, 2.45) is 4.99 Å². The van der Waals surface area contributed by atoms with Crippen LogP contribution in [0.5, 0.6) is 0 Å². The number of carbonyl (C=O) groups is 1. The smallest absolute Gasteiger partial charge is 0.270 e. The van der Waals surface area contributed by atoms with E-state index in [1.807, 2.05) is 26.0 Å². The number of nitro benzene ring substituents is 1. The molecule has 2 heterocycles. The van der Waals surface area contributed by atoms with Gasteiger partial charge >= 0.3 is 0 Å². The summed E-state index contributed by atoms with van der Waals surface area (Å²) in [5.41, 5.74) is 3.46. The number of nitrogens with zero attached hydrogens (tertiary/aromatic N) is 2. The summed E-state index contributed by atoms with van der Waals surface area (Å²) in [7, 11) is 0. The lowest BCUT2D eigenvalue weighted by Gasteiger charge is -2.04. The van der Waals surface area contributed by atoms with E-state index in [0.717, 1.165) is 21.3 Å². The van der Waals surface area contributed by atoms with Crippen molar-refractivity contribution in [1.82, 2.24) is 5.32 Å². The van der Waals surface area contributed by atoms with Crippen LogP contribution >= 0.6 is 27.7 Å². The second-order valence-electron chi connectivity index (χ2n) is 6.88. The highest BCUT2D eigenvalue weighted by atomic mass is 79.9. The standard InChI is InChI=1S/C22H16BrN3O4S/c1-12-8-15(9-13(2)20(12)23)24-22-25-21(27)19(31-22)11-17-6-7-18(30-17)14-4-3-5-16(10-14)26(28)29/h3-11H,1-2H3,(H,24,25,27)/b19-11-. The number of rotatable bonds is 4. The van der Waals surface area contributed by atoms with Crippen LogP contribution in [-0.4, -0.2) is 16.0 Å². The molecule has 0 atom stereocenters. The number of non-ortho nitro benzene ring substituents is 1. The molecule has 1 N–H and O–H groups in total. The molecule has 0 unspecified atom stereocenters. The Labute approximate surface area is 190 Å². The summed E-state index contributed by atoms with van der Waals surface area (Å²) in [6.45, 7) is 3.98. The van der Waals surface area contributed by atoms with E-state index in [1.54, 1.807) is 30.3 Å². The van der Waals surface area contributed by atoms with Gasteiger partial charge < -0.3 is 9.73 Å². The van der Waals surface area contributed by atoms with Gasteiger partial charge in [0.2, 0.25) is 0 Å². The molecule has 0 aliphatic carbocycles. The number of carbonyl (C=O) groups excluding carboxylic acids is 1. The average Bonchev–Trinajstić information content (AvgIpc) is 3.33. The number of thioether (sulfide) groups is 1. The number of nitrogens with one attached hydrogen (secondary N) is 1. The molecule has 9 heteroatoms. The SMILES string of the molecule is Cc1cc(N=C2NC(=O)/C(=C/c3ccc(-c4cccc([N+](=O)[O-])c4)o3)S2)cc(C)c1Br. The number of aliphatic imine (C=N–C) groups is 1. The first-order valence-corrected chi connectivity index (χ1v) is 10.8. The Bertz CT molecular complexity index is 1260. The van der Waals surface area contributed by atoms with Gasteiger partial charge in [0, 0.05) is 28.2 Å². The monoisotopic (exact) mass is 497 g/mol. The van der Waals surface area contributed by atoms with Gasteiger partial charge in [0.1, 0.15) is 11.5 Å². The molecular weight excluding hydrogens is 482 g/mol. The minimum absolute atomic E-state index is 0.0150. The van der Waals surface area contributed by atoms with Crippen LogP contribution in [0.3, 0.4) is 0 Å². The number of benzene rings is 2. The Morgan fingerprint density at radius 3 is 2.61 bits per heavy atom. The normalized spacial score (nSPS) is 16.2. The first kappa shape index (κ1) is 21.1. The topological polar surface area (TPSA) is 97.7 Å². The fourth-order valence-corrected chi connectivity index (χ4v) is 4.12. The molecule has 1 amide bonds. The molecule has 1 aliphatic heterocycles. The van der Waals surface area contributed by atoms with E-state index in [-0.39, 0.29) is 11.6 Å². The Balaban J connectivity index is 1.56. The quantitative estimate of drug-likeness (QED) is 0.265. The molecule has 2 aromatic carbocycles. The van der Waals surface area contributed by atoms with Gasteiger partial charge in [-0.05, 0) is 61.0 Å². The fraction of sp³-hybridized carbons (Fsp3) is 0.0909. The zero-order valence-corrected chi connectivity index (χ0v) is 18.9. The summed E-state index contributed by atoms with van der Waals surface area (Å²) in [5, 5.41) is 14.2. The zero-order chi connectivity index (χ0) is 22.1. The molecule has 3 aromatic rings. The van der Waals surface area contributed by atoms with Crippen LogP contribution < -0.4 is 5.32 Å². The van der Waals surface area contributed by atoms with Crippen LogP contribution in [0.2, 0.25) is 0 Å². The summed E-state index contributed by atoms with van der Waals surface area (Å²) in [6.07, 6.45) is 1.63. The summed E-state index contributed by atoms with van der Waals surface area (Å²) < 4.78 is 6.81. The molecule has 1 aromatic heterocycles. The van der Waals surface area contributed by atoms with E-state index >= 15 is 0 Å². The predicted molar refractivity (Wildman–Crippen MR) is 125 cm³/mol. The summed E-state index contributed by atoms with van der Waals surface area (Å²) in [4.78, 5) is 27.9. The third-order valence-electron chi connectivity index (χ3n) is 4.54. The van der Waals surface area contributed by atoms with Crippen LogP contribution in [0.25, 0.3) is 17.4 Å². The molecule has 156 valence electrons. The maximum Gasteiger partial charge on any atom is 0.270 e. The highest BCUT2D eigenvalue weighted by Crippen LogP contribution is 2.32. The van der Waals surface area contributed by atoms with E-state index in [2.05, 4.69) is 26.2 Å². The van der Waals surface area contributed by atoms with Gasteiger partial charge in [-0.1, -0.05) is 28.1 Å². The molecule has 0 radical (unpaired) electrons. The van der Waals surface area contributed by atoms with Crippen LogP contribution in [0.15, 0.2) is 67.3 Å². The number of halogens is 1. The van der Waals surface area contributed by atoms with Crippen molar-refractivity contribution in [2.75, 3.05) is 0 Å². The summed E-state index contributed by atoms with van der Waals surface area (Å²) in [5.74, 6) is 0.687. The Morgan fingerprint density at radius 1 is 1.16 bits per heavy atom. The van der Waals surface area contributed by atoms with Crippen molar-refractivity contribution in [2.45, 2.75) is 13.8 Å². The first-order valence-electron chi connectivity index (χ1n) is 9.21. The van der Waals surface area contributed by atoms with Gasteiger partial charge in [-0.25, -0.2) is 4.99 Å². The number of hydrogen-bond donors (Lipinski definition) is 1. The van der Waals surface area contributed by atoms with Crippen molar-refractivity contribution in [3.8, 4) is 11.3 Å². The molecule has 0 bridgehead atoms. The number of hydrogen-bond acceptors (Lipinski definition) is 6. The van der Waals surface area contributed by atoms with E-state index in [0.29, 0.717) is 27.2 Å². The number of furan rings is 1. The molecule has 0 saturated carbocycles. The molecule has 0 spiro atoms. The van der Waals surface area contributed by atoms with Crippen LogP contribution in [-0.2, 0) is 4.79 Å². The second kappa shape index (κ2) is 8.52. The van der Waals surface area contributed by atoms with Gasteiger partial charge in [0.15, 0.2) is 5.17 Å². The lowest BCUT2D eigenvalue weighted by molar-refractivity contribution is -0.384. The maximum absolute atomic E-state index is 12.4. The number of amidine groups is 1. The Morgan fingerprint density at radius 2 is 1.90 bits per heavy atom. The van der Waals surface area contributed by atoms with E-state index in [9.17, 15) is 14.9 Å². The Hall–Kier alpha value is -3.17. The van der Waals surface area contributed by atoms with Gasteiger partial charge in [-0.15, -0.1) is 0 Å². The zero-order valence-electron chi connectivity index (χ0n) is 16.5. The molecule has 1 fully saturated rings. The molecule has 7 nitrogen and oxygen atoms in total. The van der Waals surface area contributed by atoms with Gasteiger partial charge in [-0.2, -0.15) is 0 Å². The predicted octanol–water partition coefficient (Wildman–Crippen LogP) is 6.13. The number of nitro groups is 1. The summed E-state index contributed by atoms with van der Waals surface area (Å²) in [6, 6.07) is 13.5. The van der Waals surface area contributed by atoms with Crippen LogP contribution in [0, 0.1) is 24.0 Å². The Kier molecular flexibility index (Phi) is 5.79. The lowest BCUT2D eigenvalue weighted by atomic mass is 10.1. The fourth-order valence-electron chi connectivity index (χ4n) is 3.07. The van der Waals surface area contributed by atoms with Crippen molar-refractivity contribution in [3.63, 3.8) is 0 Å². The van der Waals surface area contributed by atoms with Gasteiger partial charge in [-0.3, -0.25) is 14.9 Å². The average molecular weight is 498 g/mol. The minimum atomic E-state index is -0.454. The van der Waals surface area contributed by atoms with Crippen molar-refractivity contribution < 1.29 is 14.1 Å². The van der Waals surface area contributed by atoms with E-state index in [4.69, 9.17) is 4.42 Å². The van der Waals surface area contributed by atoms with Gasteiger partial charge in [0.25, 0.3) is 11.6 Å². The third kappa shape index (κ3) is 4.62. The van der Waals surface area contributed by atoms with E-state index < -0.39 is 4.92 Å². The van der Waals surface area contributed by atoms with Crippen molar-refractivity contribution >= 4 is 56.2 Å².